The Morgan fingerprint density at radius 2 is 2.12 bits per heavy atom. The maximum atomic E-state index is 12.2. The van der Waals surface area contributed by atoms with Crippen molar-refractivity contribution < 1.29 is 4.74 Å². The van der Waals surface area contributed by atoms with E-state index in [2.05, 4.69) is 21.9 Å². The summed E-state index contributed by atoms with van der Waals surface area (Å²) in [6.45, 7) is 4.56. The fraction of sp³-hybridized carbons (Fsp3) is 0.353. The Balaban J connectivity index is 1.75. The van der Waals surface area contributed by atoms with Crippen molar-refractivity contribution in [2.75, 3.05) is 6.61 Å². The molecular weight excluding hydrogens is 358 g/mol. The first-order valence-corrected chi connectivity index (χ1v) is 9.90. The van der Waals surface area contributed by atoms with E-state index in [1.807, 2.05) is 13.0 Å². The second-order valence-electron chi connectivity index (χ2n) is 5.48. The van der Waals surface area contributed by atoms with Crippen molar-refractivity contribution in [3.8, 4) is 5.75 Å². The Bertz CT molecular complexity index is 991. The summed E-state index contributed by atoms with van der Waals surface area (Å²) < 4.78 is 5.37. The lowest BCUT2D eigenvalue weighted by Gasteiger charge is -2.05. The number of pyridine rings is 1. The maximum Gasteiger partial charge on any atom is 0.260 e. The van der Waals surface area contributed by atoms with Crippen LogP contribution < -0.4 is 15.7 Å². The number of thiophene rings is 1. The number of fused-ring (bicyclic) bond motifs is 1. The summed E-state index contributed by atoms with van der Waals surface area (Å²) in [7, 11) is 0. The molecule has 0 aromatic carbocycles. The third kappa shape index (κ3) is 4.13. The Hall–Kier alpha value is -2.06. The Morgan fingerprint density at radius 1 is 1.28 bits per heavy atom. The van der Waals surface area contributed by atoms with E-state index in [-0.39, 0.29) is 11.0 Å². The maximum absolute atomic E-state index is 12.2. The zero-order valence-corrected chi connectivity index (χ0v) is 15.7. The van der Waals surface area contributed by atoms with Gasteiger partial charge in [0.25, 0.3) is 5.56 Å². The van der Waals surface area contributed by atoms with Crippen molar-refractivity contribution >= 4 is 33.3 Å². The molecule has 0 bridgehead atoms. The largest absolute Gasteiger partial charge is 0.488 e. The number of ether oxygens (including phenoxy) is 1. The van der Waals surface area contributed by atoms with Crippen LogP contribution in [0.15, 0.2) is 33.1 Å². The van der Waals surface area contributed by atoms with Gasteiger partial charge < -0.3 is 14.7 Å². The van der Waals surface area contributed by atoms with Gasteiger partial charge in [0.05, 0.1) is 12.0 Å². The highest BCUT2D eigenvalue weighted by atomic mass is 32.2. The molecule has 0 aliphatic rings. The Labute approximate surface area is 152 Å². The lowest BCUT2D eigenvalue weighted by atomic mass is 10.3. The molecule has 3 rings (SSSR count). The van der Waals surface area contributed by atoms with Crippen molar-refractivity contribution in [3.05, 3.63) is 49.5 Å². The predicted octanol–water partition coefficient (Wildman–Crippen LogP) is 3.32. The van der Waals surface area contributed by atoms with Crippen molar-refractivity contribution in [2.45, 2.75) is 37.6 Å². The number of rotatable bonds is 7. The number of aromatic nitrogens is 3. The molecule has 3 aromatic rings. The third-order valence-corrected chi connectivity index (χ3v) is 5.64. The van der Waals surface area contributed by atoms with Gasteiger partial charge in [-0.25, -0.2) is 4.98 Å². The van der Waals surface area contributed by atoms with Crippen LogP contribution in [0.5, 0.6) is 5.75 Å². The molecule has 25 heavy (non-hydrogen) atoms. The molecule has 0 saturated carbocycles. The van der Waals surface area contributed by atoms with Crippen LogP contribution >= 0.6 is 23.1 Å². The summed E-state index contributed by atoms with van der Waals surface area (Å²) in [4.78, 5) is 36.4. The summed E-state index contributed by atoms with van der Waals surface area (Å²) in [5.41, 5.74) is 0.479. The minimum atomic E-state index is -0.148. The molecule has 3 aromatic heterocycles. The number of thioether (sulfide) groups is 1. The number of hydrogen-bond donors (Lipinski definition) is 2. The SMILES string of the molecule is CCCOc1c[nH]c(CSc2nc3sc(CC)cc3c(=O)[nH]2)cc1=O. The number of H-pyrrole nitrogens is 2. The molecule has 0 radical (unpaired) electrons. The molecule has 0 saturated heterocycles. The fourth-order valence-corrected chi connectivity index (χ4v) is 4.06. The normalized spacial score (nSPS) is 11.1. The third-order valence-electron chi connectivity index (χ3n) is 3.54. The average molecular weight is 377 g/mol. The van der Waals surface area contributed by atoms with E-state index in [1.54, 1.807) is 17.5 Å². The quantitative estimate of drug-likeness (QED) is 0.487. The van der Waals surface area contributed by atoms with Gasteiger partial charge in [0.2, 0.25) is 5.43 Å². The van der Waals surface area contributed by atoms with Gasteiger partial charge in [0, 0.05) is 28.6 Å². The van der Waals surface area contributed by atoms with Gasteiger partial charge in [-0.15, -0.1) is 11.3 Å². The van der Waals surface area contributed by atoms with Crippen LogP contribution in [-0.4, -0.2) is 21.6 Å². The second-order valence-corrected chi connectivity index (χ2v) is 7.56. The summed E-state index contributed by atoms with van der Waals surface area (Å²) in [6.07, 6.45) is 3.32. The lowest BCUT2D eigenvalue weighted by molar-refractivity contribution is 0.313. The van der Waals surface area contributed by atoms with Crippen molar-refractivity contribution in [3.63, 3.8) is 0 Å². The molecule has 8 heteroatoms. The highest BCUT2D eigenvalue weighted by Gasteiger charge is 2.09. The number of aromatic amines is 2. The molecule has 132 valence electrons. The van der Waals surface area contributed by atoms with Gasteiger partial charge in [0.15, 0.2) is 10.9 Å². The van der Waals surface area contributed by atoms with Crippen LogP contribution in [0.3, 0.4) is 0 Å². The molecule has 0 fully saturated rings. The number of nitrogens with one attached hydrogen (secondary N) is 2. The highest BCUT2D eigenvalue weighted by molar-refractivity contribution is 7.98. The monoisotopic (exact) mass is 377 g/mol. The topological polar surface area (TPSA) is 87.8 Å². The molecule has 0 aliphatic heterocycles. The molecule has 0 atom stereocenters. The minimum Gasteiger partial charge on any atom is -0.488 e. The van der Waals surface area contributed by atoms with Crippen molar-refractivity contribution in [1.82, 2.24) is 15.0 Å². The first-order valence-electron chi connectivity index (χ1n) is 8.10. The van der Waals surface area contributed by atoms with Crippen molar-refractivity contribution in [1.29, 1.82) is 0 Å². The van der Waals surface area contributed by atoms with Gasteiger partial charge in [0.1, 0.15) is 4.83 Å². The van der Waals surface area contributed by atoms with Gasteiger partial charge in [-0.3, -0.25) is 9.59 Å². The standard InChI is InChI=1S/C17H19N3O3S2/c1-3-5-23-14-8-18-10(6-13(14)21)9-24-17-19-15(22)12-7-11(4-2)25-16(12)20-17/h6-8H,3-5,9H2,1-2H3,(H,18,21)(H,19,20,22). The van der Waals surface area contributed by atoms with Crippen LogP contribution in [0, 0.1) is 0 Å². The first-order chi connectivity index (χ1) is 12.1. The van der Waals surface area contributed by atoms with E-state index in [0.717, 1.165) is 28.2 Å². The Morgan fingerprint density at radius 3 is 2.84 bits per heavy atom. The van der Waals surface area contributed by atoms with E-state index in [1.165, 1.54) is 17.8 Å². The molecule has 0 amide bonds. The zero-order chi connectivity index (χ0) is 17.8. The smallest absolute Gasteiger partial charge is 0.260 e. The molecule has 0 aliphatic carbocycles. The average Bonchev–Trinajstić information content (AvgIpc) is 3.03. The minimum absolute atomic E-state index is 0.125. The second kappa shape index (κ2) is 7.88. The van der Waals surface area contributed by atoms with E-state index in [0.29, 0.717) is 28.7 Å². The zero-order valence-electron chi connectivity index (χ0n) is 14.0. The van der Waals surface area contributed by atoms with Gasteiger partial charge in [-0.2, -0.15) is 0 Å². The van der Waals surface area contributed by atoms with E-state index >= 15 is 0 Å². The van der Waals surface area contributed by atoms with E-state index < -0.39 is 0 Å². The van der Waals surface area contributed by atoms with Gasteiger partial charge >= 0.3 is 0 Å². The van der Waals surface area contributed by atoms with Gasteiger partial charge in [-0.1, -0.05) is 25.6 Å². The molecule has 0 spiro atoms. The molecule has 3 heterocycles. The summed E-state index contributed by atoms with van der Waals surface area (Å²) in [6, 6.07) is 3.42. The summed E-state index contributed by atoms with van der Waals surface area (Å²) >= 11 is 2.92. The van der Waals surface area contributed by atoms with E-state index in [4.69, 9.17) is 4.74 Å². The van der Waals surface area contributed by atoms with E-state index in [9.17, 15) is 9.59 Å². The van der Waals surface area contributed by atoms with Crippen molar-refractivity contribution in [2.24, 2.45) is 0 Å². The van der Waals surface area contributed by atoms with Crippen LogP contribution in [0.1, 0.15) is 30.8 Å². The Kier molecular flexibility index (Phi) is 5.60. The molecular formula is C17H19N3O3S2. The number of hydrogen-bond acceptors (Lipinski definition) is 6. The number of nitrogens with zero attached hydrogens (tertiary/aromatic N) is 1. The molecule has 0 unspecified atom stereocenters. The van der Waals surface area contributed by atoms with Gasteiger partial charge in [-0.05, 0) is 18.9 Å². The highest BCUT2D eigenvalue weighted by Crippen LogP contribution is 2.24. The van der Waals surface area contributed by atoms with Crippen LogP contribution in [0.2, 0.25) is 0 Å². The number of aryl methyl sites for hydroxylation is 1. The lowest BCUT2D eigenvalue weighted by Crippen LogP contribution is -2.10. The van der Waals surface area contributed by atoms with Crippen LogP contribution in [0.25, 0.3) is 10.2 Å². The predicted molar refractivity (Wildman–Crippen MR) is 102 cm³/mol. The van der Waals surface area contributed by atoms with Crippen LogP contribution in [-0.2, 0) is 12.2 Å². The summed E-state index contributed by atoms with van der Waals surface area (Å²) in [5.74, 6) is 0.832. The first kappa shape index (κ1) is 17.8. The fourth-order valence-electron chi connectivity index (χ4n) is 2.26. The molecule has 2 N–H and O–H groups in total. The van der Waals surface area contributed by atoms with Crippen LogP contribution in [0.4, 0.5) is 0 Å². The molecule has 6 nitrogen and oxygen atoms in total. The summed E-state index contributed by atoms with van der Waals surface area (Å²) in [5, 5.41) is 1.19.